The van der Waals surface area contributed by atoms with Gasteiger partial charge >= 0.3 is 5.69 Å². The monoisotopic (exact) mass is 439 g/mol. The molecule has 2 aromatic heterocycles. The molecule has 0 amide bonds. The zero-order chi connectivity index (χ0) is 22.8. The van der Waals surface area contributed by atoms with Crippen molar-refractivity contribution >= 4 is 16.9 Å². The lowest BCUT2D eigenvalue weighted by Gasteiger charge is -2.11. The Labute approximate surface area is 182 Å². The Balaban J connectivity index is 1.77. The van der Waals surface area contributed by atoms with Crippen LogP contribution in [0.1, 0.15) is 30.3 Å². The molecule has 0 radical (unpaired) electrons. The summed E-state index contributed by atoms with van der Waals surface area (Å²) < 4.78 is 30.0. The van der Waals surface area contributed by atoms with Crippen molar-refractivity contribution in [3.63, 3.8) is 0 Å². The summed E-state index contributed by atoms with van der Waals surface area (Å²) in [6.45, 7) is 2.46. The third-order valence-electron chi connectivity index (χ3n) is 5.33. The van der Waals surface area contributed by atoms with E-state index in [2.05, 4.69) is 9.97 Å². The first-order valence-corrected chi connectivity index (χ1v) is 10.4. The summed E-state index contributed by atoms with van der Waals surface area (Å²) in [5, 5.41) is 0. The first kappa shape index (κ1) is 21.5. The summed E-state index contributed by atoms with van der Waals surface area (Å²) in [4.78, 5) is 33.4. The predicted molar refractivity (Wildman–Crippen MR) is 119 cm³/mol. The van der Waals surface area contributed by atoms with Crippen molar-refractivity contribution in [3.8, 4) is 0 Å². The topological polar surface area (TPSA) is 98.7 Å². The van der Waals surface area contributed by atoms with Crippen LogP contribution in [0, 0.1) is 11.6 Å². The van der Waals surface area contributed by atoms with Crippen LogP contribution in [-0.2, 0) is 25.9 Å². The number of anilines is 1. The van der Waals surface area contributed by atoms with Gasteiger partial charge in [-0.3, -0.25) is 13.9 Å². The van der Waals surface area contributed by atoms with E-state index < -0.39 is 22.9 Å². The number of benzene rings is 2. The molecule has 4 rings (SSSR count). The van der Waals surface area contributed by atoms with Crippen molar-refractivity contribution in [3.05, 3.63) is 91.9 Å². The molecule has 0 aliphatic heterocycles. The largest absolute Gasteiger partial charge is 0.399 e. The van der Waals surface area contributed by atoms with Gasteiger partial charge in [-0.2, -0.15) is 0 Å². The number of H-pyrrole nitrogens is 1. The maximum Gasteiger partial charge on any atom is 0.332 e. The molecule has 7 nitrogen and oxygen atoms in total. The molecule has 0 spiro atoms. The highest BCUT2D eigenvalue weighted by Crippen LogP contribution is 2.15. The fourth-order valence-corrected chi connectivity index (χ4v) is 3.69. The molecule has 0 aliphatic rings. The van der Waals surface area contributed by atoms with E-state index in [1.807, 2.05) is 19.1 Å². The van der Waals surface area contributed by atoms with Gasteiger partial charge in [0.25, 0.3) is 5.56 Å². The van der Waals surface area contributed by atoms with Crippen molar-refractivity contribution in [2.75, 3.05) is 5.73 Å². The van der Waals surface area contributed by atoms with Crippen LogP contribution in [-0.4, -0.2) is 19.1 Å². The van der Waals surface area contributed by atoms with E-state index >= 15 is 0 Å². The average Bonchev–Trinajstić information content (AvgIpc) is 3.18. The second-order valence-corrected chi connectivity index (χ2v) is 7.68. The van der Waals surface area contributed by atoms with E-state index in [4.69, 9.17) is 5.73 Å². The van der Waals surface area contributed by atoms with Gasteiger partial charge in [0.05, 0.1) is 0 Å². The van der Waals surface area contributed by atoms with E-state index in [-0.39, 0.29) is 29.7 Å². The summed E-state index contributed by atoms with van der Waals surface area (Å²) in [6, 6.07) is 10.6. The van der Waals surface area contributed by atoms with Gasteiger partial charge < -0.3 is 10.7 Å². The fourth-order valence-electron chi connectivity index (χ4n) is 3.69. The number of halogens is 2. The molecule has 0 saturated heterocycles. The molecule has 0 fully saturated rings. The molecular weight excluding hydrogens is 416 g/mol. The maximum absolute atomic E-state index is 14.1. The van der Waals surface area contributed by atoms with E-state index in [1.165, 1.54) is 15.2 Å². The first-order chi connectivity index (χ1) is 15.4. The molecule has 0 atom stereocenters. The van der Waals surface area contributed by atoms with Gasteiger partial charge in [-0.15, -0.1) is 0 Å². The molecule has 0 unspecified atom stereocenters. The van der Waals surface area contributed by atoms with Crippen molar-refractivity contribution in [2.45, 2.75) is 39.3 Å². The molecule has 2 aromatic carbocycles. The zero-order valence-corrected chi connectivity index (χ0v) is 17.6. The lowest BCUT2D eigenvalue weighted by atomic mass is 10.1. The Morgan fingerprint density at radius 2 is 1.78 bits per heavy atom. The van der Waals surface area contributed by atoms with Crippen LogP contribution in [0.3, 0.4) is 0 Å². The maximum atomic E-state index is 14.1. The number of aromatic nitrogens is 4. The molecule has 166 valence electrons. The number of aromatic amines is 1. The lowest BCUT2D eigenvalue weighted by Crippen LogP contribution is -2.40. The number of imidazole rings is 1. The smallest absolute Gasteiger partial charge is 0.332 e. The van der Waals surface area contributed by atoms with Crippen LogP contribution in [0.15, 0.2) is 52.1 Å². The van der Waals surface area contributed by atoms with Crippen LogP contribution in [0.25, 0.3) is 11.2 Å². The number of fused-ring (bicyclic) bond motifs is 1. The Morgan fingerprint density at radius 1 is 1.03 bits per heavy atom. The molecule has 0 aliphatic carbocycles. The second-order valence-electron chi connectivity index (χ2n) is 7.68. The normalized spacial score (nSPS) is 11.3. The minimum Gasteiger partial charge on any atom is -0.399 e. The highest BCUT2D eigenvalue weighted by atomic mass is 19.1. The summed E-state index contributed by atoms with van der Waals surface area (Å²) in [5.74, 6) is -1.05. The fraction of sp³-hybridized carbons (Fsp3) is 0.261. The predicted octanol–water partition coefficient (Wildman–Crippen LogP) is 2.99. The van der Waals surface area contributed by atoms with Crippen molar-refractivity contribution in [2.24, 2.45) is 0 Å². The number of rotatable bonds is 7. The number of nitrogens with zero attached hydrogens (tertiary/aromatic N) is 3. The molecule has 4 aromatic rings. The molecule has 32 heavy (non-hydrogen) atoms. The van der Waals surface area contributed by atoms with Crippen LogP contribution >= 0.6 is 0 Å². The van der Waals surface area contributed by atoms with Gasteiger partial charge in [0, 0.05) is 31.3 Å². The lowest BCUT2D eigenvalue weighted by molar-refractivity contribution is 0.559. The van der Waals surface area contributed by atoms with E-state index in [0.29, 0.717) is 30.9 Å². The zero-order valence-electron chi connectivity index (χ0n) is 17.6. The Hall–Kier alpha value is -3.75. The molecule has 9 heteroatoms. The minimum absolute atomic E-state index is 0.0279. The number of nitrogens with one attached hydrogen (secondary N) is 1. The summed E-state index contributed by atoms with van der Waals surface area (Å²) in [6.07, 6.45) is 1.18. The number of nitrogen functional groups attached to an aromatic ring is 1. The first-order valence-electron chi connectivity index (χ1n) is 10.4. The highest BCUT2D eigenvalue weighted by Gasteiger charge is 2.18. The van der Waals surface area contributed by atoms with Crippen molar-refractivity contribution in [1.29, 1.82) is 0 Å². The molecular formula is C23H23F2N5O2. The van der Waals surface area contributed by atoms with Crippen molar-refractivity contribution < 1.29 is 8.78 Å². The number of nitrogens with two attached hydrogens (primary N) is 1. The second kappa shape index (κ2) is 8.78. The summed E-state index contributed by atoms with van der Waals surface area (Å²) in [7, 11) is 0. The standard InChI is InChI=1S/C23H23F2N5O2/c1-2-10-30-22(31)20-21(28-19(27-20)12-15-5-6-16(24)13-18(15)25)29(23(30)32)11-9-14-3-7-17(26)8-4-14/h3-8,13H,2,9-12,26H2,1H3,(H,27,28). The number of hydrogen-bond acceptors (Lipinski definition) is 4. The van der Waals surface area contributed by atoms with Gasteiger partial charge in [-0.1, -0.05) is 25.1 Å². The summed E-state index contributed by atoms with van der Waals surface area (Å²) in [5.41, 5.74) is 7.10. The van der Waals surface area contributed by atoms with Gasteiger partial charge in [0.15, 0.2) is 5.65 Å². The molecule has 0 saturated carbocycles. The summed E-state index contributed by atoms with van der Waals surface area (Å²) >= 11 is 0. The van der Waals surface area contributed by atoms with Gasteiger partial charge in [0.1, 0.15) is 23.0 Å². The van der Waals surface area contributed by atoms with Crippen LogP contribution < -0.4 is 17.0 Å². The third-order valence-corrected chi connectivity index (χ3v) is 5.33. The van der Waals surface area contributed by atoms with E-state index in [9.17, 15) is 18.4 Å². The highest BCUT2D eigenvalue weighted by molar-refractivity contribution is 5.70. The Morgan fingerprint density at radius 3 is 2.47 bits per heavy atom. The van der Waals surface area contributed by atoms with E-state index in [0.717, 1.165) is 17.7 Å². The van der Waals surface area contributed by atoms with Crippen LogP contribution in [0.4, 0.5) is 14.5 Å². The van der Waals surface area contributed by atoms with Crippen LogP contribution in [0.5, 0.6) is 0 Å². The quantitative estimate of drug-likeness (QED) is 0.433. The minimum atomic E-state index is -0.699. The van der Waals surface area contributed by atoms with Crippen molar-refractivity contribution in [1.82, 2.24) is 19.1 Å². The Kier molecular flexibility index (Phi) is 5.89. The van der Waals surface area contributed by atoms with Gasteiger partial charge in [0.2, 0.25) is 0 Å². The van der Waals surface area contributed by atoms with Gasteiger partial charge in [-0.05, 0) is 42.2 Å². The Bertz CT molecular complexity index is 1390. The SMILES string of the molecule is CCCn1c(=O)c2[nH]c(Cc3ccc(F)cc3F)nc2n(CCc2ccc(N)cc2)c1=O. The average molecular weight is 439 g/mol. The number of aryl methyl sites for hydroxylation is 2. The van der Waals surface area contributed by atoms with Crippen LogP contribution in [0.2, 0.25) is 0 Å². The van der Waals surface area contributed by atoms with Gasteiger partial charge in [-0.25, -0.2) is 18.6 Å². The molecule has 0 bridgehead atoms. The number of hydrogen-bond donors (Lipinski definition) is 2. The molecule has 3 N–H and O–H groups in total. The third kappa shape index (κ3) is 4.18. The van der Waals surface area contributed by atoms with E-state index in [1.54, 1.807) is 12.1 Å². The molecule has 2 heterocycles.